The zero-order valence-corrected chi connectivity index (χ0v) is 34.1. The van der Waals surface area contributed by atoms with Crippen molar-refractivity contribution in [3.05, 3.63) is 93.0 Å². The molecular weight excluding hydrogens is 768 g/mol. The molecule has 0 aromatic heterocycles. The van der Waals surface area contributed by atoms with Gasteiger partial charge in [-0.25, -0.2) is 0 Å². The fraction of sp³-hybridized carbons (Fsp3) is 0.478. The zero-order valence-electron chi connectivity index (χ0n) is 33.3. The Labute approximate surface area is 349 Å². The smallest absolute Gasteiger partial charge is 0.262 e. The van der Waals surface area contributed by atoms with Crippen molar-refractivity contribution in [2.45, 2.75) is 101 Å². The van der Waals surface area contributed by atoms with E-state index < -0.39 is 23.8 Å². The predicted octanol–water partition coefficient (Wildman–Crippen LogP) is 6.23. The third-order valence-corrected chi connectivity index (χ3v) is 14.3. The van der Waals surface area contributed by atoms with Gasteiger partial charge in [-0.1, -0.05) is 23.7 Å². The summed E-state index contributed by atoms with van der Waals surface area (Å²) in [6.07, 6.45) is 8.02. The van der Waals surface area contributed by atoms with Gasteiger partial charge in [-0.2, -0.15) is 5.26 Å². The fourth-order valence-corrected chi connectivity index (χ4v) is 10.7. The molecule has 3 aromatic rings. The van der Waals surface area contributed by atoms with Gasteiger partial charge in [0.05, 0.1) is 21.7 Å². The highest BCUT2D eigenvalue weighted by atomic mass is 35.5. The Balaban J connectivity index is 0.732. The molecule has 5 saturated heterocycles. The molecule has 6 heterocycles. The average molecular weight is 817 g/mol. The number of imide groups is 2. The molecule has 59 heavy (non-hydrogen) atoms. The van der Waals surface area contributed by atoms with Crippen LogP contribution in [0.25, 0.3) is 0 Å². The van der Waals surface area contributed by atoms with E-state index >= 15 is 0 Å². The molecule has 1 N–H and O–H groups in total. The molecule has 13 heteroatoms. The molecule has 5 fully saturated rings. The first-order chi connectivity index (χ1) is 28.6. The number of fused-ring (bicyclic) bond motifs is 3. The van der Waals surface area contributed by atoms with E-state index in [4.69, 9.17) is 16.3 Å². The molecule has 4 atom stereocenters. The third-order valence-electron chi connectivity index (χ3n) is 13.8. The van der Waals surface area contributed by atoms with Crippen LogP contribution in [-0.4, -0.2) is 101 Å². The molecule has 0 saturated carbocycles. The van der Waals surface area contributed by atoms with Crippen LogP contribution in [0.4, 0.5) is 5.69 Å². The van der Waals surface area contributed by atoms with E-state index in [2.05, 4.69) is 38.2 Å². The van der Waals surface area contributed by atoms with Crippen molar-refractivity contribution in [1.29, 1.82) is 5.26 Å². The molecular formula is C46H49ClN6O6. The molecule has 2 unspecified atom stereocenters. The molecule has 5 amide bonds. The van der Waals surface area contributed by atoms with Crippen molar-refractivity contribution >= 4 is 46.8 Å². The van der Waals surface area contributed by atoms with Gasteiger partial charge in [-0.15, -0.1) is 0 Å². The molecule has 0 aliphatic carbocycles. The molecule has 6 aliphatic heterocycles. The third kappa shape index (κ3) is 7.48. The lowest BCUT2D eigenvalue weighted by atomic mass is 9.87. The number of ether oxygens (including phenoxy) is 1. The molecule has 6 aliphatic rings. The maximum Gasteiger partial charge on any atom is 0.262 e. The van der Waals surface area contributed by atoms with Crippen LogP contribution in [0.5, 0.6) is 5.75 Å². The number of anilines is 1. The number of carbonyl (C=O) groups excluding carboxylic acids is 5. The largest absolute Gasteiger partial charge is 0.490 e. The first-order valence-corrected chi connectivity index (χ1v) is 21.6. The van der Waals surface area contributed by atoms with E-state index in [0.29, 0.717) is 39.3 Å². The van der Waals surface area contributed by atoms with Crippen LogP contribution in [0.15, 0.2) is 54.6 Å². The highest BCUT2D eigenvalue weighted by Crippen LogP contribution is 2.40. The van der Waals surface area contributed by atoms with Gasteiger partial charge in [0.15, 0.2) is 0 Å². The summed E-state index contributed by atoms with van der Waals surface area (Å²) in [7, 11) is 0. The summed E-state index contributed by atoms with van der Waals surface area (Å²) >= 11 is 6.40. The van der Waals surface area contributed by atoms with Crippen molar-refractivity contribution in [3.8, 4) is 11.8 Å². The van der Waals surface area contributed by atoms with Gasteiger partial charge in [-0.05, 0) is 125 Å². The predicted molar refractivity (Wildman–Crippen MR) is 220 cm³/mol. The number of benzene rings is 3. The van der Waals surface area contributed by atoms with E-state index in [1.54, 1.807) is 18.2 Å². The lowest BCUT2D eigenvalue weighted by molar-refractivity contribution is -0.136. The Morgan fingerprint density at radius 1 is 0.847 bits per heavy atom. The van der Waals surface area contributed by atoms with Crippen molar-refractivity contribution in [1.82, 2.24) is 20.0 Å². The minimum Gasteiger partial charge on any atom is -0.490 e. The number of amides is 5. The standard InChI is InChI=1S/C46H49ClN6O6/c1-27-40(12-6-32(25-48)42(27)47)59-36-22-34-7-8-35(23-36)52(34)44(56)31-4-2-29(3-5-31)30-16-18-50(19-17-30)26-28-14-20-51(21-15-28)33-9-10-37-38(24-33)46(58)53(45(37)57)39-11-13-41(54)49-43(39)55/h2-6,9-10,12,24,28,30,34-36,39H,7-8,11,13-23,26H2,1H3,(H,49,54,55)/t34-,35+,36?,39?. The van der Waals surface area contributed by atoms with Crippen molar-refractivity contribution in [2.75, 3.05) is 37.6 Å². The Hall–Kier alpha value is -5.25. The Bertz CT molecular complexity index is 2230. The van der Waals surface area contributed by atoms with Gasteiger partial charge in [0.1, 0.15) is 24.0 Å². The number of nitrogens with zero attached hydrogens (tertiary/aromatic N) is 5. The number of halogens is 1. The number of carbonyl (C=O) groups is 5. The molecule has 12 nitrogen and oxygen atoms in total. The van der Waals surface area contributed by atoms with Crippen LogP contribution in [0, 0.1) is 24.2 Å². The summed E-state index contributed by atoms with van der Waals surface area (Å²) in [5.74, 6) is -0.0724. The number of nitrogens with one attached hydrogen (secondary N) is 1. The highest BCUT2D eigenvalue weighted by Gasteiger charge is 2.46. The fourth-order valence-electron chi connectivity index (χ4n) is 10.5. The molecule has 2 bridgehead atoms. The maximum atomic E-state index is 13.8. The van der Waals surface area contributed by atoms with E-state index in [9.17, 15) is 29.2 Å². The number of hydrogen-bond donors (Lipinski definition) is 1. The highest BCUT2D eigenvalue weighted by molar-refractivity contribution is 6.32. The molecule has 3 aromatic carbocycles. The molecule has 9 rings (SSSR count). The number of nitriles is 1. The zero-order chi connectivity index (χ0) is 40.9. The molecule has 0 radical (unpaired) electrons. The summed E-state index contributed by atoms with van der Waals surface area (Å²) in [5, 5.41) is 12.0. The quantitative estimate of drug-likeness (QED) is 0.262. The normalized spacial score (nSPS) is 25.3. The maximum absolute atomic E-state index is 13.8. The van der Waals surface area contributed by atoms with Crippen LogP contribution >= 0.6 is 11.6 Å². The monoisotopic (exact) mass is 816 g/mol. The molecule has 0 spiro atoms. The van der Waals surface area contributed by atoms with E-state index in [1.807, 2.05) is 31.2 Å². The number of rotatable bonds is 8. The van der Waals surface area contributed by atoms with Crippen LogP contribution in [0.1, 0.15) is 118 Å². The minimum atomic E-state index is -0.966. The lowest BCUT2D eigenvalue weighted by Gasteiger charge is -2.39. The first kappa shape index (κ1) is 39.2. The van der Waals surface area contributed by atoms with Gasteiger partial charge < -0.3 is 19.4 Å². The van der Waals surface area contributed by atoms with E-state index in [-0.39, 0.29) is 42.8 Å². The summed E-state index contributed by atoms with van der Waals surface area (Å²) in [5.41, 5.74) is 4.80. The topological polar surface area (TPSA) is 143 Å². The van der Waals surface area contributed by atoms with Crippen LogP contribution in [0.3, 0.4) is 0 Å². The second kappa shape index (κ2) is 16.1. The lowest BCUT2D eigenvalue weighted by Crippen LogP contribution is -2.54. The number of piperidine rings is 4. The Morgan fingerprint density at radius 3 is 2.22 bits per heavy atom. The summed E-state index contributed by atoms with van der Waals surface area (Å²) in [6, 6.07) is 18.7. The van der Waals surface area contributed by atoms with Crippen LogP contribution in [-0.2, 0) is 9.59 Å². The molecule has 306 valence electrons. The van der Waals surface area contributed by atoms with Crippen molar-refractivity contribution in [2.24, 2.45) is 5.92 Å². The SMILES string of the molecule is Cc1c(OC2C[C@H]3CC[C@@H](C2)N3C(=O)c2ccc(C3CCN(CC4CCN(c5ccc6c(c5)C(=O)N(C5CCC(=O)NC5=O)C6=O)CC4)CC3)cc2)ccc(C#N)c1Cl. The number of hydrogen-bond acceptors (Lipinski definition) is 9. The van der Waals surface area contributed by atoms with E-state index in [1.165, 1.54) is 5.56 Å². The van der Waals surface area contributed by atoms with Gasteiger partial charge in [-0.3, -0.25) is 34.2 Å². The van der Waals surface area contributed by atoms with Crippen molar-refractivity contribution in [3.63, 3.8) is 0 Å². The van der Waals surface area contributed by atoms with Gasteiger partial charge in [0.2, 0.25) is 11.8 Å². The van der Waals surface area contributed by atoms with Crippen LogP contribution < -0.4 is 15.0 Å². The van der Waals surface area contributed by atoms with Gasteiger partial charge in [0, 0.05) is 67.8 Å². The summed E-state index contributed by atoms with van der Waals surface area (Å²) in [6.45, 7) is 6.77. The second-order valence-electron chi connectivity index (χ2n) is 17.3. The second-order valence-corrected chi connectivity index (χ2v) is 17.7. The van der Waals surface area contributed by atoms with E-state index in [0.717, 1.165) is 106 Å². The summed E-state index contributed by atoms with van der Waals surface area (Å²) in [4.78, 5) is 72.4. The van der Waals surface area contributed by atoms with Crippen molar-refractivity contribution < 1.29 is 28.7 Å². The Kier molecular flexibility index (Phi) is 10.7. The minimum absolute atomic E-state index is 0.000764. The average Bonchev–Trinajstić information content (AvgIpc) is 3.66. The number of likely N-dealkylation sites (tertiary alicyclic amines) is 1. The summed E-state index contributed by atoms with van der Waals surface area (Å²) < 4.78 is 6.40. The Morgan fingerprint density at radius 2 is 1.54 bits per heavy atom. The first-order valence-electron chi connectivity index (χ1n) is 21.2. The van der Waals surface area contributed by atoms with Crippen LogP contribution in [0.2, 0.25) is 5.02 Å². The van der Waals surface area contributed by atoms with Gasteiger partial charge in [0.25, 0.3) is 17.7 Å². The van der Waals surface area contributed by atoms with Gasteiger partial charge >= 0.3 is 0 Å².